The lowest BCUT2D eigenvalue weighted by Crippen LogP contribution is -2.54. The van der Waals surface area contributed by atoms with Gasteiger partial charge in [-0.1, -0.05) is 23.7 Å². The minimum atomic E-state index is -0.633. The van der Waals surface area contributed by atoms with Crippen LogP contribution in [0.1, 0.15) is 6.42 Å². The van der Waals surface area contributed by atoms with Gasteiger partial charge in [-0.2, -0.15) is 0 Å². The van der Waals surface area contributed by atoms with E-state index in [9.17, 15) is 9.59 Å². The first-order valence-electron chi connectivity index (χ1n) is 9.77. The number of halogens is 1. The van der Waals surface area contributed by atoms with Crippen molar-refractivity contribution in [3.8, 4) is 5.75 Å². The number of amides is 1. The van der Waals surface area contributed by atoms with E-state index in [1.54, 1.807) is 31.4 Å². The topological polar surface area (TPSA) is 71.1 Å². The third-order valence-electron chi connectivity index (χ3n) is 5.21. The van der Waals surface area contributed by atoms with Crippen LogP contribution in [0.4, 0.5) is 11.4 Å². The number of anilines is 2. The molecule has 1 aliphatic heterocycles. The summed E-state index contributed by atoms with van der Waals surface area (Å²) in [5.41, 5.74) is 1.62. The zero-order valence-corrected chi connectivity index (χ0v) is 17.9. The quantitative estimate of drug-likeness (QED) is 0.679. The van der Waals surface area contributed by atoms with Crippen LogP contribution in [-0.4, -0.2) is 63.2 Å². The van der Waals surface area contributed by atoms with Gasteiger partial charge in [0.15, 0.2) is 0 Å². The molecule has 1 heterocycles. The first-order chi connectivity index (χ1) is 14.5. The van der Waals surface area contributed by atoms with E-state index < -0.39 is 12.0 Å². The normalized spacial score (nSPS) is 15.4. The van der Waals surface area contributed by atoms with Crippen LogP contribution in [0.15, 0.2) is 48.5 Å². The Kier molecular flexibility index (Phi) is 7.54. The Morgan fingerprint density at radius 3 is 2.30 bits per heavy atom. The number of hydrogen-bond acceptors (Lipinski definition) is 6. The lowest BCUT2D eigenvalue weighted by atomic mass is 10.1. The van der Waals surface area contributed by atoms with Crippen LogP contribution in [-0.2, 0) is 14.3 Å². The summed E-state index contributed by atoms with van der Waals surface area (Å²) >= 11 is 6.16. The molecule has 1 fully saturated rings. The monoisotopic (exact) mass is 431 g/mol. The second kappa shape index (κ2) is 10.3. The molecule has 0 bridgehead atoms. The van der Waals surface area contributed by atoms with E-state index >= 15 is 0 Å². The van der Waals surface area contributed by atoms with Crippen molar-refractivity contribution in [1.29, 1.82) is 0 Å². The lowest BCUT2D eigenvalue weighted by molar-refractivity contribution is -0.144. The molecule has 1 saturated heterocycles. The number of hydrogen-bond donors (Lipinski definition) is 1. The zero-order valence-electron chi connectivity index (χ0n) is 17.1. The Morgan fingerprint density at radius 2 is 1.70 bits per heavy atom. The van der Waals surface area contributed by atoms with Crippen molar-refractivity contribution in [3.05, 3.63) is 53.6 Å². The molecule has 1 atom stereocenters. The van der Waals surface area contributed by atoms with E-state index in [0.717, 1.165) is 24.5 Å². The summed E-state index contributed by atoms with van der Waals surface area (Å²) in [5, 5.41) is 3.30. The van der Waals surface area contributed by atoms with E-state index in [0.29, 0.717) is 23.8 Å². The summed E-state index contributed by atoms with van der Waals surface area (Å²) in [6, 6.07) is 14.3. The number of esters is 1. The van der Waals surface area contributed by atoms with E-state index in [4.69, 9.17) is 21.1 Å². The summed E-state index contributed by atoms with van der Waals surface area (Å²) in [5.74, 6) is 0.116. The predicted molar refractivity (Wildman–Crippen MR) is 117 cm³/mol. The number of carbonyl (C=O) groups is 2. The average molecular weight is 432 g/mol. The second-order valence-corrected chi connectivity index (χ2v) is 7.39. The van der Waals surface area contributed by atoms with Crippen LogP contribution >= 0.6 is 11.6 Å². The fourth-order valence-corrected chi connectivity index (χ4v) is 3.68. The third kappa shape index (κ3) is 5.43. The Bertz CT molecular complexity index is 867. The van der Waals surface area contributed by atoms with Crippen LogP contribution in [0.3, 0.4) is 0 Å². The summed E-state index contributed by atoms with van der Waals surface area (Å²) in [6.07, 6.45) is -0.0185. The van der Waals surface area contributed by atoms with Crippen molar-refractivity contribution in [2.75, 3.05) is 50.6 Å². The highest BCUT2D eigenvalue weighted by molar-refractivity contribution is 6.33. The van der Waals surface area contributed by atoms with Crippen molar-refractivity contribution < 1.29 is 19.1 Å². The lowest BCUT2D eigenvalue weighted by Gasteiger charge is -2.39. The number of benzene rings is 2. The standard InChI is InChI=1S/C22H26ClN3O4/c1-29-17-9-7-16(8-10-17)25-11-13-26(14-12-25)20(15-21(27)30-2)22(28)24-19-6-4-3-5-18(19)23/h3-10,20H,11-15H2,1-2H3,(H,24,28). The second-order valence-electron chi connectivity index (χ2n) is 6.99. The molecule has 1 unspecified atom stereocenters. The van der Waals surface area contributed by atoms with E-state index in [2.05, 4.69) is 10.2 Å². The molecule has 30 heavy (non-hydrogen) atoms. The number of piperazine rings is 1. The number of ether oxygens (including phenoxy) is 2. The molecule has 8 heteroatoms. The number of para-hydroxylation sites is 1. The van der Waals surface area contributed by atoms with Crippen LogP contribution in [0.2, 0.25) is 5.02 Å². The molecule has 0 aromatic heterocycles. The highest BCUT2D eigenvalue weighted by atomic mass is 35.5. The summed E-state index contributed by atoms with van der Waals surface area (Å²) in [6.45, 7) is 2.76. The molecular weight excluding hydrogens is 406 g/mol. The predicted octanol–water partition coefficient (Wildman–Crippen LogP) is 3.04. The van der Waals surface area contributed by atoms with Gasteiger partial charge in [0, 0.05) is 31.9 Å². The van der Waals surface area contributed by atoms with Gasteiger partial charge in [0.05, 0.1) is 31.4 Å². The average Bonchev–Trinajstić information content (AvgIpc) is 2.79. The van der Waals surface area contributed by atoms with Crippen molar-refractivity contribution in [3.63, 3.8) is 0 Å². The number of rotatable bonds is 7. The third-order valence-corrected chi connectivity index (χ3v) is 5.54. The molecule has 2 aromatic carbocycles. The van der Waals surface area contributed by atoms with Crippen LogP contribution < -0.4 is 15.0 Å². The molecule has 1 amide bonds. The molecule has 1 aliphatic rings. The van der Waals surface area contributed by atoms with Crippen molar-refractivity contribution >= 4 is 34.9 Å². The largest absolute Gasteiger partial charge is 0.497 e. The van der Waals surface area contributed by atoms with Gasteiger partial charge >= 0.3 is 5.97 Å². The number of carbonyl (C=O) groups excluding carboxylic acids is 2. The zero-order chi connectivity index (χ0) is 21.5. The SMILES string of the molecule is COC(=O)CC(C(=O)Nc1ccccc1Cl)N1CCN(c2ccc(OC)cc2)CC1. The Morgan fingerprint density at radius 1 is 1.03 bits per heavy atom. The molecule has 0 radical (unpaired) electrons. The van der Waals surface area contributed by atoms with Gasteiger partial charge in [0.1, 0.15) is 11.8 Å². The van der Waals surface area contributed by atoms with Gasteiger partial charge in [0.2, 0.25) is 5.91 Å². The number of nitrogens with one attached hydrogen (secondary N) is 1. The molecule has 0 spiro atoms. The maximum absolute atomic E-state index is 13.0. The van der Waals surface area contributed by atoms with E-state index in [-0.39, 0.29) is 12.3 Å². The van der Waals surface area contributed by atoms with Crippen LogP contribution in [0, 0.1) is 0 Å². The van der Waals surface area contributed by atoms with Crippen molar-refractivity contribution in [2.24, 2.45) is 0 Å². The smallest absolute Gasteiger partial charge is 0.307 e. The van der Waals surface area contributed by atoms with Crippen molar-refractivity contribution in [2.45, 2.75) is 12.5 Å². The van der Waals surface area contributed by atoms with Gasteiger partial charge in [-0.15, -0.1) is 0 Å². The van der Waals surface area contributed by atoms with E-state index in [1.165, 1.54) is 7.11 Å². The summed E-state index contributed by atoms with van der Waals surface area (Å²) in [4.78, 5) is 29.2. The first kappa shape index (κ1) is 21.9. The Hall–Kier alpha value is -2.77. The molecule has 0 saturated carbocycles. The molecule has 0 aliphatic carbocycles. The molecule has 3 rings (SSSR count). The molecule has 1 N–H and O–H groups in total. The fraction of sp³-hybridized carbons (Fsp3) is 0.364. The Labute approximate surface area is 181 Å². The molecule has 2 aromatic rings. The van der Waals surface area contributed by atoms with Gasteiger partial charge < -0.3 is 19.7 Å². The highest BCUT2D eigenvalue weighted by Crippen LogP contribution is 2.24. The van der Waals surface area contributed by atoms with Gasteiger partial charge in [-0.25, -0.2) is 0 Å². The Balaban J connectivity index is 1.67. The minimum Gasteiger partial charge on any atom is -0.497 e. The van der Waals surface area contributed by atoms with Gasteiger partial charge in [0.25, 0.3) is 0 Å². The summed E-state index contributed by atoms with van der Waals surface area (Å²) in [7, 11) is 2.97. The first-order valence-corrected chi connectivity index (χ1v) is 10.1. The maximum Gasteiger partial charge on any atom is 0.307 e. The van der Waals surface area contributed by atoms with Gasteiger partial charge in [-0.3, -0.25) is 14.5 Å². The number of nitrogens with zero attached hydrogens (tertiary/aromatic N) is 2. The van der Waals surface area contributed by atoms with Crippen LogP contribution in [0.25, 0.3) is 0 Å². The summed E-state index contributed by atoms with van der Waals surface area (Å²) < 4.78 is 10.0. The fourth-order valence-electron chi connectivity index (χ4n) is 3.49. The van der Waals surface area contributed by atoms with Crippen LogP contribution in [0.5, 0.6) is 5.75 Å². The maximum atomic E-state index is 13.0. The van der Waals surface area contributed by atoms with Gasteiger partial charge in [-0.05, 0) is 36.4 Å². The molecule has 7 nitrogen and oxygen atoms in total. The highest BCUT2D eigenvalue weighted by Gasteiger charge is 2.31. The molecule has 160 valence electrons. The van der Waals surface area contributed by atoms with Crippen molar-refractivity contribution in [1.82, 2.24) is 4.90 Å². The number of methoxy groups -OCH3 is 2. The molecular formula is C22H26ClN3O4. The minimum absolute atomic E-state index is 0.0185. The van der Waals surface area contributed by atoms with E-state index in [1.807, 2.05) is 29.2 Å².